The van der Waals surface area contributed by atoms with Gasteiger partial charge in [0, 0.05) is 6.42 Å². The van der Waals surface area contributed by atoms with E-state index in [1.807, 2.05) is 21.1 Å². The van der Waals surface area contributed by atoms with Gasteiger partial charge in [-0.2, -0.15) is 0 Å². The second kappa shape index (κ2) is 15.8. The number of hydrogen-bond acceptors (Lipinski definition) is 3. The molecule has 2 atom stereocenters. The smallest absolute Gasteiger partial charge is 0.307 e. The van der Waals surface area contributed by atoms with Gasteiger partial charge in [0.25, 0.3) is 0 Å². The molecule has 166 valence electrons. The number of quaternary nitrogens is 1. The van der Waals surface area contributed by atoms with Crippen molar-refractivity contribution in [3.05, 3.63) is 0 Å². The molecule has 0 aromatic rings. The standard InChI is InChI=1S/C23H45NO4/c1-6-7-8-9-12-15-20(2)16-13-10-11-14-17-23(27)28-21(18-22(25)26)19-24(3,4)5/h20-21H,6-19H2,1-5H3/p+1. The molecule has 0 saturated carbocycles. The van der Waals surface area contributed by atoms with E-state index in [4.69, 9.17) is 9.84 Å². The van der Waals surface area contributed by atoms with Crippen LogP contribution in [0.4, 0.5) is 0 Å². The molecule has 0 rings (SSSR count). The molecule has 0 aliphatic rings. The zero-order valence-electron chi connectivity index (χ0n) is 19.2. The third-order valence-corrected chi connectivity index (χ3v) is 5.08. The van der Waals surface area contributed by atoms with Crippen molar-refractivity contribution >= 4 is 11.9 Å². The van der Waals surface area contributed by atoms with Crippen molar-refractivity contribution < 1.29 is 23.9 Å². The predicted octanol–water partition coefficient (Wildman–Crippen LogP) is 5.42. The molecule has 0 aromatic carbocycles. The molecular formula is C23H46NO4+. The van der Waals surface area contributed by atoms with E-state index in [0.717, 1.165) is 25.2 Å². The molecule has 0 radical (unpaired) electrons. The molecule has 1 N–H and O–H groups in total. The minimum Gasteiger partial charge on any atom is -0.481 e. The molecule has 0 aliphatic heterocycles. The Morgan fingerprint density at radius 2 is 1.43 bits per heavy atom. The fraction of sp³-hybridized carbons (Fsp3) is 0.913. The Kier molecular flexibility index (Phi) is 15.2. The number of aliphatic carboxylic acids is 1. The number of carboxylic acids is 1. The Labute approximate surface area is 173 Å². The summed E-state index contributed by atoms with van der Waals surface area (Å²) in [4.78, 5) is 23.0. The first-order valence-corrected chi connectivity index (χ1v) is 11.4. The number of rotatable bonds is 18. The van der Waals surface area contributed by atoms with E-state index in [0.29, 0.717) is 17.4 Å². The van der Waals surface area contributed by atoms with Crippen molar-refractivity contribution in [3.63, 3.8) is 0 Å². The fourth-order valence-electron chi connectivity index (χ4n) is 3.55. The minimum atomic E-state index is -0.925. The van der Waals surface area contributed by atoms with E-state index < -0.39 is 12.1 Å². The van der Waals surface area contributed by atoms with Crippen LogP contribution in [0.2, 0.25) is 0 Å². The van der Waals surface area contributed by atoms with Crippen molar-refractivity contribution in [3.8, 4) is 0 Å². The van der Waals surface area contributed by atoms with Crippen molar-refractivity contribution in [2.75, 3.05) is 27.7 Å². The highest BCUT2D eigenvalue weighted by Crippen LogP contribution is 2.18. The first kappa shape index (κ1) is 26.9. The summed E-state index contributed by atoms with van der Waals surface area (Å²) in [5.74, 6) is -0.384. The predicted molar refractivity (Wildman–Crippen MR) is 115 cm³/mol. The van der Waals surface area contributed by atoms with Crippen LogP contribution in [0.3, 0.4) is 0 Å². The molecule has 0 bridgehead atoms. The number of nitrogens with zero attached hydrogens (tertiary/aromatic N) is 1. The van der Waals surface area contributed by atoms with Crippen LogP contribution in [0, 0.1) is 5.92 Å². The number of ether oxygens (including phenoxy) is 1. The quantitative estimate of drug-likeness (QED) is 0.190. The molecule has 0 spiro atoms. The summed E-state index contributed by atoms with van der Waals surface area (Å²) in [6, 6.07) is 0. The number of carboxylic acid groups (broad SMARTS) is 1. The Balaban J connectivity index is 3.80. The van der Waals surface area contributed by atoms with Crippen LogP contribution in [0.5, 0.6) is 0 Å². The lowest BCUT2D eigenvalue weighted by Crippen LogP contribution is -2.43. The van der Waals surface area contributed by atoms with Crippen molar-refractivity contribution in [1.29, 1.82) is 0 Å². The Morgan fingerprint density at radius 1 is 0.893 bits per heavy atom. The van der Waals surface area contributed by atoms with Crippen LogP contribution in [0.1, 0.15) is 97.3 Å². The molecule has 0 aliphatic carbocycles. The van der Waals surface area contributed by atoms with Crippen LogP contribution in [-0.4, -0.2) is 55.3 Å². The van der Waals surface area contributed by atoms with Gasteiger partial charge >= 0.3 is 11.9 Å². The van der Waals surface area contributed by atoms with Crippen LogP contribution in [0.15, 0.2) is 0 Å². The van der Waals surface area contributed by atoms with E-state index in [9.17, 15) is 9.59 Å². The molecule has 0 heterocycles. The van der Waals surface area contributed by atoms with Crippen LogP contribution < -0.4 is 0 Å². The molecule has 5 heteroatoms. The monoisotopic (exact) mass is 400 g/mol. The van der Waals surface area contributed by atoms with Gasteiger partial charge in [-0.25, -0.2) is 0 Å². The molecule has 0 saturated heterocycles. The highest BCUT2D eigenvalue weighted by Gasteiger charge is 2.24. The maximum atomic E-state index is 12.0. The van der Waals surface area contributed by atoms with E-state index in [2.05, 4.69) is 13.8 Å². The number of hydrogen-bond donors (Lipinski definition) is 1. The molecule has 2 unspecified atom stereocenters. The first-order valence-electron chi connectivity index (χ1n) is 11.4. The minimum absolute atomic E-state index is 0.127. The van der Waals surface area contributed by atoms with Gasteiger partial charge < -0.3 is 14.3 Å². The molecule has 28 heavy (non-hydrogen) atoms. The Hall–Kier alpha value is -1.10. The summed E-state index contributed by atoms with van der Waals surface area (Å²) in [5.41, 5.74) is 0. The molecule has 0 aromatic heterocycles. The van der Waals surface area contributed by atoms with Gasteiger partial charge in [-0.15, -0.1) is 0 Å². The summed E-state index contributed by atoms with van der Waals surface area (Å²) in [6.07, 6.45) is 13.4. The van der Waals surface area contributed by atoms with Crippen LogP contribution in [0.25, 0.3) is 0 Å². The van der Waals surface area contributed by atoms with Gasteiger partial charge in [0.1, 0.15) is 6.54 Å². The lowest BCUT2D eigenvalue weighted by molar-refractivity contribution is -0.873. The van der Waals surface area contributed by atoms with Gasteiger partial charge in [0.2, 0.25) is 0 Å². The van der Waals surface area contributed by atoms with Crippen molar-refractivity contribution in [2.45, 2.75) is 103 Å². The van der Waals surface area contributed by atoms with E-state index in [1.165, 1.54) is 51.4 Å². The average molecular weight is 401 g/mol. The van der Waals surface area contributed by atoms with Crippen LogP contribution in [-0.2, 0) is 14.3 Å². The molecular weight excluding hydrogens is 354 g/mol. The number of esters is 1. The second-order valence-corrected chi connectivity index (χ2v) is 9.44. The Morgan fingerprint density at radius 3 is 1.93 bits per heavy atom. The average Bonchev–Trinajstić information content (AvgIpc) is 2.55. The highest BCUT2D eigenvalue weighted by molar-refractivity contribution is 5.71. The summed E-state index contributed by atoms with van der Waals surface area (Å²) >= 11 is 0. The lowest BCUT2D eigenvalue weighted by Gasteiger charge is -2.28. The lowest BCUT2D eigenvalue weighted by atomic mass is 9.96. The van der Waals surface area contributed by atoms with Crippen LogP contribution >= 0.6 is 0 Å². The number of carbonyl (C=O) groups is 2. The number of carbonyl (C=O) groups excluding carboxylic acids is 1. The maximum Gasteiger partial charge on any atom is 0.307 e. The summed E-state index contributed by atoms with van der Waals surface area (Å²) in [5, 5.41) is 9.01. The zero-order chi connectivity index (χ0) is 21.4. The first-order chi connectivity index (χ1) is 13.1. The largest absolute Gasteiger partial charge is 0.481 e. The van der Waals surface area contributed by atoms with Gasteiger partial charge in [0.05, 0.1) is 27.6 Å². The molecule has 0 fully saturated rings. The zero-order valence-corrected chi connectivity index (χ0v) is 19.2. The van der Waals surface area contributed by atoms with Gasteiger partial charge in [-0.05, 0) is 12.3 Å². The van der Waals surface area contributed by atoms with E-state index >= 15 is 0 Å². The molecule has 0 amide bonds. The topological polar surface area (TPSA) is 63.6 Å². The van der Waals surface area contributed by atoms with E-state index in [1.54, 1.807) is 0 Å². The Bertz CT molecular complexity index is 417. The van der Waals surface area contributed by atoms with Crippen molar-refractivity contribution in [1.82, 2.24) is 0 Å². The third kappa shape index (κ3) is 18.3. The number of unbranched alkanes of at least 4 members (excludes halogenated alkanes) is 7. The highest BCUT2D eigenvalue weighted by atomic mass is 16.5. The normalized spacial score (nSPS) is 13.9. The van der Waals surface area contributed by atoms with Crippen molar-refractivity contribution in [2.24, 2.45) is 5.92 Å². The second-order valence-electron chi connectivity index (χ2n) is 9.44. The fourth-order valence-corrected chi connectivity index (χ4v) is 3.55. The molecule has 5 nitrogen and oxygen atoms in total. The maximum absolute atomic E-state index is 12.0. The SMILES string of the molecule is CCCCCCCC(C)CCCCCCC(=O)OC(CC(=O)O)C[N+](C)(C)C. The van der Waals surface area contributed by atoms with E-state index in [-0.39, 0.29) is 12.4 Å². The summed E-state index contributed by atoms with van der Waals surface area (Å²) < 4.78 is 5.99. The third-order valence-electron chi connectivity index (χ3n) is 5.08. The van der Waals surface area contributed by atoms with Gasteiger partial charge in [0.15, 0.2) is 6.10 Å². The number of likely N-dealkylation sites (N-methyl/N-ethyl adjacent to an activating group) is 1. The van der Waals surface area contributed by atoms with Gasteiger partial charge in [-0.3, -0.25) is 9.59 Å². The van der Waals surface area contributed by atoms with Gasteiger partial charge in [-0.1, -0.05) is 78.1 Å². The summed E-state index contributed by atoms with van der Waals surface area (Å²) in [6.45, 7) is 5.11. The summed E-state index contributed by atoms with van der Waals surface area (Å²) in [7, 11) is 5.90.